The van der Waals surface area contributed by atoms with Gasteiger partial charge < -0.3 is 9.47 Å². The lowest BCUT2D eigenvalue weighted by molar-refractivity contribution is -0.161. The predicted octanol–water partition coefficient (Wildman–Crippen LogP) is 5.15. The third-order valence-electron chi connectivity index (χ3n) is 4.52. The zero-order valence-electron chi connectivity index (χ0n) is 16.4. The molecule has 26 heavy (non-hydrogen) atoms. The van der Waals surface area contributed by atoms with E-state index in [4.69, 9.17) is 9.47 Å². The van der Waals surface area contributed by atoms with Gasteiger partial charge in [-0.05, 0) is 65.2 Å². The SMILES string of the molecule is C=C(C)CCCCOC(=O)C1CC=CCC1C(=O)OCCCCC(=C)C. The van der Waals surface area contributed by atoms with E-state index in [-0.39, 0.29) is 11.9 Å². The third kappa shape index (κ3) is 9.02. The molecule has 0 aromatic heterocycles. The molecule has 1 aliphatic carbocycles. The Labute approximate surface area is 158 Å². The molecule has 0 fully saturated rings. The van der Waals surface area contributed by atoms with Crippen molar-refractivity contribution >= 4 is 11.9 Å². The van der Waals surface area contributed by atoms with Crippen molar-refractivity contribution in [1.29, 1.82) is 0 Å². The number of allylic oxidation sites excluding steroid dienone is 4. The maximum Gasteiger partial charge on any atom is 0.310 e. The normalized spacial score (nSPS) is 19.0. The largest absolute Gasteiger partial charge is 0.465 e. The second-order valence-electron chi connectivity index (χ2n) is 7.32. The second-order valence-corrected chi connectivity index (χ2v) is 7.32. The van der Waals surface area contributed by atoms with Crippen LogP contribution in [0.3, 0.4) is 0 Å². The molecule has 1 aliphatic rings. The predicted molar refractivity (Wildman–Crippen MR) is 105 cm³/mol. The molecule has 0 bridgehead atoms. The van der Waals surface area contributed by atoms with Crippen LogP contribution in [0, 0.1) is 11.8 Å². The standard InChI is InChI=1S/C22H34O4/c1-17(2)11-7-9-15-25-21(23)19-13-5-6-14-20(19)22(24)26-16-10-8-12-18(3)4/h5-6,19-20H,1,3,7-16H2,2,4H3. The summed E-state index contributed by atoms with van der Waals surface area (Å²) in [4.78, 5) is 24.7. The average Bonchev–Trinajstić information content (AvgIpc) is 2.60. The van der Waals surface area contributed by atoms with Crippen LogP contribution in [-0.2, 0) is 19.1 Å². The molecular formula is C22H34O4. The summed E-state index contributed by atoms with van der Waals surface area (Å²) in [7, 11) is 0. The first kappa shape index (κ1) is 22.2. The number of rotatable bonds is 12. The quantitative estimate of drug-likeness (QED) is 0.274. The first-order chi connectivity index (χ1) is 12.4. The van der Waals surface area contributed by atoms with Crippen molar-refractivity contribution in [3.63, 3.8) is 0 Å². The molecule has 4 nitrogen and oxygen atoms in total. The Kier molecular flexibility index (Phi) is 10.7. The molecule has 0 aromatic rings. The molecule has 0 amide bonds. The highest BCUT2D eigenvalue weighted by atomic mass is 16.5. The van der Waals surface area contributed by atoms with E-state index in [1.54, 1.807) is 0 Å². The Morgan fingerprint density at radius 2 is 1.19 bits per heavy atom. The Hall–Kier alpha value is -1.84. The summed E-state index contributed by atoms with van der Waals surface area (Å²) >= 11 is 0. The summed E-state index contributed by atoms with van der Waals surface area (Å²) in [6, 6.07) is 0. The van der Waals surface area contributed by atoms with Crippen molar-refractivity contribution in [3.05, 3.63) is 36.5 Å². The molecular weight excluding hydrogens is 328 g/mol. The monoisotopic (exact) mass is 362 g/mol. The minimum atomic E-state index is -0.427. The van der Waals surface area contributed by atoms with E-state index in [2.05, 4.69) is 13.2 Å². The summed E-state index contributed by atoms with van der Waals surface area (Å²) in [5.74, 6) is -1.42. The second kappa shape index (κ2) is 12.5. The van der Waals surface area contributed by atoms with Crippen molar-refractivity contribution in [1.82, 2.24) is 0 Å². The van der Waals surface area contributed by atoms with E-state index in [9.17, 15) is 9.59 Å². The molecule has 0 saturated carbocycles. The van der Waals surface area contributed by atoms with Crippen LogP contribution in [0.4, 0.5) is 0 Å². The van der Waals surface area contributed by atoms with Gasteiger partial charge in [-0.2, -0.15) is 0 Å². The number of unbranched alkanes of at least 4 members (excludes halogenated alkanes) is 2. The Morgan fingerprint density at radius 1 is 0.808 bits per heavy atom. The molecule has 4 heteroatoms. The number of hydrogen-bond acceptors (Lipinski definition) is 4. The van der Waals surface area contributed by atoms with Gasteiger partial charge in [-0.1, -0.05) is 23.3 Å². The Morgan fingerprint density at radius 3 is 1.54 bits per heavy atom. The summed E-state index contributed by atoms with van der Waals surface area (Å²) in [6.45, 7) is 12.5. The maximum absolute atomic E-state index is 12.4. The van der Waals surface area contributed by atoms with E-state index in [0.29, 0.717) is 26.1 Å². The first-order valence-corrected chi connectivity index (χ1v) is 9.69. The zero-order valence-corrected chi connectivity index (χ0v) is 16.4. The van der Waals surface area contributed by atoms with Crippen molar-refractivity contribution in [3.8, 4) is 0 Å². The molecule has 2 unspecified atom stereocenters. The maximum atomic E-state index is 12.4. The van der Waals surface area contributed by atoms with Gasteiger partial charge in [0.05, 0.1) is 25.0 Å². The van der Waals surface area contributed by atoms with Gasteiger partial charge in [0, 0.05) is 0 Å². The molecule has 0 aliphatic heterocycles. The van der Waals surface area contributed by atoms with Gasteiger partial charge in [0.25, 0.3) is 0 Å². The minimum Gasteiger partial charge on any atom is -0.465 e. The molecule has 2 atom stereocenters. The minimum absolute atomic E-state index is 0.283. The van der Waals surface area contributed by atoms with Crippen LogP contribution in [0.5, 0.6) is 0 Å². The molecule has 1 rings (SSSR count). The van der Waals surface area contributed by atoms with Crippen LogP contribution in [0.25, 0.3) is 0 Å². The van der Waals surface area contributed by atoms with Crippen LogP contribution >= 0.6 is 0 Å². The van der Waals surface area contributed by atoms with Crippen LogP contribution in [0.15, 0.2) is 36.5 Å². The number of esters is 2. The van der Waals surface area contributed by atoms with E-state index in [1.807, 2.05) is 26.0 Å². The topological polar surface area (TPSA) is 52.6 Å². The Balaban J connectivity index is 2.36. The van der Waals surface area contributed by atoms with Crippen LogP contribution in [0.2, 0.25) is 0 Å². The van der Waals surface area contributed by atoms with Gasteiger partial charge in [0.1, 0.15) is 0 Å². The van der Waals surface area contributed by atoms with Gasteiger partial charge in [-0.3, -0.25) is 9.59 Å². The lowest BCUT2D eigenvalue weighted by atomic mass is 9.83. The van der Waals surface area contributed by atoms with Crippen LogP contribution in [0.1, 0.15) is 65.2 Å². The van der Waals surface area contributed by atoms with E-state index in [0.717, 1.165) is 49.7 Å². The Bertz CT molecular complexity index is 472. The molecule has 0 saturated heterocycles. The van der Waals surface area contributed by atoms with Crippen molar-refractivity contribution in [2.45, 2.75) is 65.2 Å². The summed E-state index contributed by atoms with van der Waals surface area (Å²) in [5.41, 5.74) is 2.28. The summed E-state index contributed by atoms with van der Waals surface area (Å²) in [5, 5.41) is 0. The smallest absolute Gasteiger partial charge is 0.310 e. The van der Waals surface area contributed by atoms with Crippen LogP contribution < -0.4 is 0 Å². The fraction of sp³-hybridized carbons (Fsp3) is 0.636. The van der Waals surface area contributed by atoms with Crippen molar-refractivity contribution < 1.29 is 19.1 Å². The number of carbonyl (C=O) groups is 2. The van der Waals surface area contributed by atoms with Gasteiger partial charge in [0.2, 0.25) is 0 Å². The summed E-state index contributed by atoms with van der Waals surface area (Å²) in [6.07, 6.45) is 10.4. The highest BCUT2D eigenvalue weighted by Crippen LogP contribution is 2.28. The molecule has 146 valence electrons. The highest BCUT2D eigenvalue weighted by molar-refractivity contribution is 5.82. The molecule has 0 N–H and O–H groups in total. The van der Waals surface area contributed by atoms with E-state index in [1.165, 1.54) is 0 Å². The fourth-order valence-corrected chi connectivity index (χ4v) is 2.95. The van der Waals surface area contributed by atoms with Gasteiger partial charge >= 0.3 is 11.9 Å². The van der Waals surface area contributed by atoms with E-state index >= 15 is 0 Å². The first-order valence-electron chi connectivity index (χ1n) is 9.69. The van der Waals surface area contributed by atoms with Crippen molar-refractivity contribution in [2.75, 3.05) is 13.2 Å². The fourth-order valence-electron chi connectivity index (χ4n) is 2.95. The third-order valence-corrected chi connectivity index (χ3v) is 4.52. The van der Waals surface area contributed by atoms with E-state index < -0.39 is 11.8 Å². The van der Waals surface area contributed by atoms with Crippen LogP contribution in [-0.4, -0.2) is 25.2 Å². The molecule has 0 aromatic carbocycles. The number of ether oxygens (including phenoxy) is 2. The van der Waals surface area contributed by atoms with Gasteiger partial charge in [-0.15, -0.1) is 13.2 Å². The lowest BCUT2D eigenvalue weighted by Gasteiger charge is -2.25. The number of hydrogen-bond donors (Lipinski definition) is 0. The molecule has 0 heterocycles. The molecule has 0 radical (unpaired) electrons. The molecule has 0 spiro atoms. The average molecular weight is 363 g/mol. The highest BCUT2D eigenvalue weighted by Gasteiger charge is 2.36. The summed E-state index contributed by atoms with van der Waals surface area (Å²) < 4.78 is 10.8. The lowest BCUT2D eigenvalue weighted by Crippen LogP contribution is -2.34. The number of carbonyl (C=O) groups excluding carboxylic acids is 2. The van der Waals surface area contributed by atoms with Gasteiger partial charge in [0.15, 0.2) is 0 Å². The van der Waals surface area contributed by atoms with Crippen molar-refractivity contribution in [2.24, 2.45) is 11.8 Å². The zero-order chi connectivity index (χ0) is 19.4. The van der Waals surface area contributed by atoms with Gasteiger partial charge in [-0.25, -0.2) is 0 Å².